The molecule has 2 fully saturated rings. The van der Waals surface area contributed by atoms with Gasteiger partial charge in [0.15, 0.2) is 0 Å². The van der Waals surface area contributed by atoms with Crippen molar-refractivity contribution >= 4 is 11.9 Å². The van der Waals surface area contributed by atoms with E-state index in [-0.39, 0.29) is 31.8 Å². The monoisotopic (exact) mass is 307 g/mol. The van der Waals surface area contributed by atoms with Crippen molar-refractivity contribution in [2.75, 3.05) is 13.1 Å². The van der Waals surface area contributed by atoms with Crippen molar-refractivity contribution < 1.29 is 27.9 Å². The zero-order chi connectivity index (χ0) is 15.6. The molecule has 1 aliphatic carbocycles. The molecular formula is C14H20F3NO3. The van der Waals surface area contributed by atoms with Gasteiger partial charge >= 0.3 is 12.1 Å². The lowest BCUT2D eigenvalue weighted by molar-refractivity contribution is -0.187. The number of amides is 1. The van der Waals surface area contributed by atoms with Crippen LogP contribution in [0.5, 0.6) is 0 Å². The zero-order valence-corrected chi connectivity index (χ0v) is 11.7. The van der Waals surface area contributed by atoms with Crippen molar-refractivity contribution in [3.05, 3.63) is 0 Å². The van der Waals surface area contributed by atoms with Crippen molar-refractivity contribution in [3.8, 4) is 0 Å². The summed E-state index contributed by atoms with van der Waals surface area (Å²) in [4.78, 5) is 25.0. The highest BCUT2D eigenvalue weighted by atomic mass is 19.4. The molecule has 2 atom stereocenters. The van der Waals surface area contributed by atoms with Gasteiger partial charge in [-0.15, -0.1) is 0 Å². The summed E-state index contributed by atoms with van der Waals surface area (Å²) in [7, 11) is 0. The topological polar surface area (TPSA) is 57.6 Å². The number of piperidine rings is 1. The molecule has 21 heavy (non-hydrogen) atoms. The van der Waals surface area contributed by atoms with E-state index in [0.29, 0.717) is 12.8 Å². The Kier molecular flexibility index (Phi) is 4.78. The number of carbonyl (C=O) groups is 2. The molecular weight excluding hydrogens is 287 g/mol. The third-order valence-corrected chi connectivity index (χ3v) is 4.67. The SMILES string of the molecule is O=C(O)C1CCCCC1C(=O)N1CCC(C(F)(F)F)CC1. The Morgan fingerprint density at radius 2 is 1.48 bits per heavy atom. The number of carbonyl (C=O) groups excluding carboxylic acids is 1. The summed E-state index contributed by atoms with van der Waals surface area (Å²) >= 11 is 0. The molecule has 2 aliphatic rings. The number of rotatable bonds is 2. The molecule has 120 valence electrons. The average Bonchev–Trinajstić information content (AvgIpc) is 2.45. The lowest BCUT2D eigenvalue weighted by atomic mass is 9.78. The number of aliphatic carboxylic acids is 1. The average molecular weight is 307 g/mol. The minimum atomic E-state index is -4.20. The lowest BCUT2D eigenvalue weighted by Gasteiger charge is -2.37. The van der Waals surface area contributed by atoms with Gasteiger partial charge in [0.2, 0.25) is 5.91 Å². The summed E-state index contributed by atoms with van der Waals surface area (Å²) in [6.45, 7) is 0.150. The quantitative estimate of drug-likeness (QED) is 0.853. The first-order valence-electron chi connectivity index (χ1n) is 7.39. The molecule has 7 heteroatoms. The van der Waals surface area contributed by atoms with Crippen LogP contribution in [0.2, 0.25) is 0 Å². The van der Waals surface area contributed by atoms with E-state index in [2.05, 4.69) is 0 Å². The van der Waals surface area contributed by atoms with Crippen molar-refractivity contribution in [1.82, 2.24) is 4.90 Å². The van der Waals surface area contributed by atoms with Gasteiger partial charge in [0.1, 0.15) is 0 Å². The molecule has 2 unspecified atom stereocenters. The predicted octanol–water partition coefficient (Wildman–Crippen LogP) is 2.68. The van der Waals surface area contributed by atoms with Crippen LogP contribution in [0.3, 0.4) is 0 Å². The Bertz CT molecular complexity index is 403. The molecule has 1 heterocycles. The van der Waals surface area contributed by atoms with Crippen LogP contribution in [0.1, 0.15) is 38.5 Å². The Labute approximate surface area is 121 Å². The maximum absolute atomic E-state index is 12.6. The third kappa shape index (κ3) is 3.68. The highest BCUT2D eigenvalue weighted by Gasteiger charge is 2.44. The molecule has 0 aromatic carbocycles. The van der Waals surface area contributed by atoms with Gasteiger partial charge in [-0.1, -0.05) is 12.8 Å². The maximum Gasteiger partial charge on any atom is 0.391 e. The zero-order valence-electron chi connectivity index (χ0n) is 11.7. The molecule has 1 amide bonds. The Morgan fingerprint density at radius 3 is 1.95 bits per heavy atom. The summed E-state index contributed by atoms with van der Waals surface area (Å²) in [5.41, 5.74) is 0. The number of likely N-dealkylation sites (tertiary alicyclic amines) is 1. The van der Waals surface area contributed by atoms with Crippen molar-refractivity contribution in [2.45, 2.75) is 44.7 Å². The minimum absolute atomic E-state index is 0.0752. The number of carboxylic acid groups (broad SMARTS) is 1. The molecule has 0 bridgehead atoms. The summed E-state index contributed by atoms with van der Waals surface area (Å²) in [5.74, 6) is -3.85. The Morgan fingerprint density at radius 1 is 0.952 bits per heavy atom. The van der Waals surface area contributed by atoms with Gasteiger partial charge in [0.25, 0.3) is 0 Å². The van der Waals surface area contributed by atoms with Crippen LogP contribution in [0, 0.1) is 17.8 Å². The summed E-state index contributed by atoms with van der Waals surface area (Å²) < 4.78 is 37.8. The molecule has 1 saturated carbocycles. The molecule has 1 N–H and O–H groups in total. The van der Waals surface area contributed by atoms with Gasteiger partial charge in [-0.2, -0.15) is 13.2 Å². The van der Waals surface area contributed by atoms with Crippen LogP contribution in [0.15, 0.2) is 0 Å². The van der Waals surface area contributed by atoms with E-state index >= 15 is 0 Å². The summed E-state index contributed by atoms with van der Waals surface area (Å²) in [5, 5.41) is 9.19. The number of carboxylic acids is 1. The molecule has 0 radical (unpaired) electrons. The van der Waals surface area contributed by atoms with Gasteiger partial charge in [-0.05, 0) is 25.7 Å². The van der Waals surface area contributed by atoms with Crippen LogP contribution in [0.25, 0.3) is 0 Å². The lowest BCUT2D eigenvalue weighted by Crippen LogP contribution is -2.47. The first-order valence-corrected chi connectivity index (χ1v) is 7.39. The summed E-state index contributed by atoms with van der Waals surface area (Å²) in [6, 6.07) is 0. The second kappa shape index (κ2) is 6.23. The predicted molar refractivity (Wildman–Crippen MR) is 68.4 cm³/mol. The van der Waals surface area contributed by atoms with Gasteiger partial charge in [0, 0.05) is 13.1 Å². The largest absolute Gasteiger partial charge is 0.481 e. The van der Waals surface area contributed by atoms with E-state index in [0.717, 1.165) is 12.8 Å². The highest BCUT2D eigenvalue weighted by molar-refractivity contribution is 5.85. The summed E-state index contributed by atoms with van der Waals surface area (Å²) in [6.07, 6.45) is -1.78. The fourth-order valence-corrected chi connectivity index (χ4v) is 3.38. The van der Waals surface area contributed by atoms with E-state index < -0.39 is 29.9 Å². The van der Waals surface area contributed by atoms with Crippen LogP contribution >= 0.6 is 0 Å². The Hall–Kier alpha value is -1.27. The van der Waals surface area contributed by atoms with Gasteiger partial charge in [-0.3, -0.25) is 9.59 Å². The normalized spacial score (nSPS) is 28.4. The number of halogens is 3. The molecule has 2 rings (SSSR count). The fraction of sp³-hybridized carbons (Fsp3) is 0.857. The van der Waals surface area contributed by atoms with Gasteiger partial charge < -0.3 is 10.0 Å². The molecule has 1 saturated heterocycles. The maximum atomic E-state index is 12.6. The molecule has 0 spiro atoms. The number of nitrogens with zero attached hydrogens (tertiary/aromatic N) is 1. The number of hydrogen-bond donors (Lipinski definition) is 1. The van der Waals surface area contributed by atoms with E-state index in [1.165, 1.54) is 4.90 Å². The van der Waals surface area contributed by atoms with E-state index in [1.807, 2.05) is 0 Å². The second-order valence-electron chi connectivity index (χ2n) is 5.98. The molecule has 0 aromatic heterocycles. The van der Waals surface area contributed by atoms with E-state index in [9.17, 15) is 27.9 Å². The molecule has 4 nitrogen and oxygen atoms in total. The Balaban J connectivity index is 1.96. The van der Waals surface area contributed by atoms with Gasteiger partial charge in [-0.25, -0.2) is 0 Å². The first-order chi connectivity index (χ1) is 9.80. The van der Waals surface area contributed by atoms with E-state index in [4.69, 9.17) is 0 Å². The smallest absolute Gasteiger partial charge is 0.391 e. The third-order valence-electron chi connectivity index (χ3n) is 4.67. The van der Waals surface area contributed by atoms with Crippen LogP contribution in [-0.4, -0.2) is 41.1 Å². The van der Waals surface area contributed by atoms with Crippen molar-refractivity contribution in [2.24, 2.45) is 17.8 Å². The van der Waals surface area contributed by atoms with Crippen molar-refractivity contribution in [1.29, 1.82) is 0 Å². The minimum Gasteiger partial charge on any atom is -0.481 e. The standard InChI is InChI=1S/C14H20F3NO3/c15-14(16,17)9-5-7-18(8-6-9)12(19)10-3-1-2-4-11(10)13(20)21/h9-11H,1-8H2,(H,20,21). The van der Waals surface area contributed by atoms with Crippen LogP contribution < -0.4 is 0 Å². The first kappa shape index (κ1) is 16.1. The number of hydrogen-bond acceptors (Lipinski definition) is 2. The van der Waals surface area contributed by atoms with Crippen LogP contribution in [-0.2, 0) is 9.59 Å². The van der Waals surface area contributed by atoms with Crippen LogP contribution in [0.4, 0.5) is 13.2 Å². The van der Waals surface area contributed by atoms with E-state index in [1.54, 1.807) is 0 Å². The number of alkyl halides is 3. The van der Waals surface area contributed by atoms with Crippen molar-refractivity contribution in [3.63, 3.8) is 0 Å². The fourth-order valence-electron chi connectivity index (χ4n) is 3.38. The molecule has 0 aromatic rings. The molecule has 1 aliphatic heterocycles. The highest BCUT2D eigenvalue weighted by Crippen LogP contribution is 2.36. The van der Waals surface area contributed by atoms with Gasteiger partial charge in [0.05, 0.1) is 17.8 Å². The second-order valence-corrected chi connectivity index (χ2v) is 5.98.